The van der Waals surface area contributed by atoms with Crippen LogP contribution < -0.4 is 10.0 Å². The third-order valence-electron chi connectivity index (χ3n) is 4.05. The Morgan fingerprint density at radius 2 is 1.79 bits per heavy atom. The Bertz CT molecular complexity index is 1150. The van der Waals surface area contributed by atoms with E-state index in [-0.39, 0.29) is 12.3 Å². The molecule has 3 aromatic heterocycles. The third kappa shape index (κ3) is 4.18. The Labute approximate surface area is 161 Å². The van der Waals surface area contributed by atoms with E-state index in [4.69, 9.17) is 4.52 Å². The van der Waals surface area contributed by atoms with Gasteiger partial charge in [-0.2, -0.15) is 0 Å². The molecule has 10 heteroatoms. The van der Waals surface area contributed by atoms with E-state index in [1.807, 2.05) is 47.3 Å². The predicted octanol–water partition coefficient (Wildman–Crippen LogP) is 1.94. The first-order chi connectivity index (χ1) is 13.6. The van der Waals surface area contributed by atoms with Gasteiger partial charge in [0.05, 0.1) is 0 Å². The molecule has 0 spiro atoms. The number of hydrogen-bond acceptors (Lipinski definition) is 7. The van der Waals surface area contributed by atoms with E-state index >= 15 is 0 Å². The molecule has 0 unspecified atom stereocenters. The molecule has 144 valence electrons. The van der Waals surface area contributed by atoms with Gasteiger partial charge in [0.25, 0.3) is 0 Å². The lowest BCUT2D eigenvalue weighted by atomic mass is 10.2. The zero-order chi connectivity index (χ0) is 19.4. The van der Waals surface area contributed by atoms with Crippen molar-refractivity contribution in [3.05, 3.63) is 66.6 Å². The molecule has 0 aliphatic carbocycles. The Morgan fingerprint density at radius 1 is 0.964 bits per heavy atom. The molecule has 1 aromatic carbocycles. The highest BCUT2D eigenvalue weighted by atomic mass is 32.2. The van der Waals surface area contributed by atoms with Crippen molar-refractivity contribution in [1.29, 1.82) is 0 Å². The van der Waals surface area contributed by atoms with Gasteiger partial charge in [0.15, 0.2) is 11.4 Å². The quantitative estimate of drug-likeness (QED) is 0.436. The van der Waals surface area contributed by atoms with Gasteiger partial charge >= 0.3 is 0 Å². The predicted molar refractivity (Wildman–Crippen MR) is 104 cm³/mol. The Kier molecular flexibility index (Phi) is 5.04. The van der Waals surface area contributed by atoms with Crippen LogP contribution in [0, 0.1) is 0 Å². The number of rotatable bonds is 8. The minimum atomic E-state index is -3.54. The van der Waals surface area contributed by atoms with Gasteiger partial charge in [-0.3, -0.25) is 0 Å². The number of sulfonamides is 1. The van der Waals surface area contributed by atoms with Crippen LogP contribution in [0.5, 0.6) is 0 Å². The van der Waals surface area contributed by atoms with Gasteiger partial charge in [0.1, 0.15) is 17.3 Å². The van der Waals surface area contributed by atoms with Crippen LogP contribution in [0.2, 0.25) is 0 Å². The fraction of sp³-hybridized carbons (Fsp3) is 0.167. The van der Waals surface area contributed by atoms with E-state index in [2.05, 4.69) is 25.4 Å². The van der Waals surface area contributed by atoms with Crippen molar-refractivity contribution in [3.63, 3.8) is 0 Å². The summed E-state index contributed by atoms with van der Waals surface area (Å²) in [6, 6.07) is 14.6. The van der Waals surface area contributed by atoms with E-state index in [0.29, 0.717) is 34.8 Å². The second kappa shape index (κ2) is 7.79. The lowest BCUT2D eigenvalue weighted by Gasteiger charge is -2.08. The van der Waals surface area contributed by atoms with E-state index in [9.17, 15) is 8.42 Å². The number of hydrogen-bond donors (Lipinski definition) is 2. The molecule has 0 radical (unpaired) electrons. The van der Waals surface area contributed by atoms with Crippen LogP contribution in [0.4, 0.5) is 5.82 Å². The summed E-state index contributed by atoms with van der Waals surface area (Å²) in [4.78, 5) is 0. The Morgan fingerprint density at radius 3 is 2.57 bits per heavy atom. The maximum Gasteiger partial charge on any atom is 0.217 e. The van der Waals surface area contributed by atoms with Gasteiger partial charge in [-0.15, -0.1) is 10.2 Å². The van der Waals surface area contributed by atoms with Crippen LogP contribution in [-0.4, -0.2) is 41.4 Å². The van der Waals surface area contributed by atoms with Crippen molar-refractivity contribution in [2.45, 2.75) is 5.75 Å². The van der Waals surface area contributed by atoms with Crippen LogP contribution in [0.15, 0.2) is 65.4 Å². The molecule has 0 aliphatic heterocycles. The zero-order valence-electron chi connectivity index (χ0n) is 14.8. The number of fused-ring (bicyclic) bond motifs is 1. The van der Waals surface area contributed by atoms with Gasteiger partial charge in [-0.25, -0.2) is 13.1 Å². The highest BCUT2D eigenvalue weighted by Gasteiger charge is 2.16. The largest absolute Gasteiger partial charge is 0.367 e. The van der Waals surface area contributed by atoms with Crippen LogP contribution >= 0.6 is 0 Å². The first-order valence-corrected chi connectivity index (χ1v) is 10.3. The third-order valence-corrected chi connectivity index (χ3v) is 5.35. The summed E-state index contributed by atoms with van der Waals surface area (Å²) in [6.45, 7) is 0.579. The molecule has 9 nitrogen and oxygen atoms in total. The van der Waals surface area contributed by atoms with Crippen molar-refractivity contribution in [2.24, 2.45) is 0 Å². The van der Waals surface area contributed by atoms with Gasteiger partial charge in [0.2, 0.25) is 10.0 Å². The summed E-state index contributed by atoms with van der Waals surface area (Å²) >= 11 is 0. The second-order valence-electron chi connectivity index (χ2n) is 6.07. The number of nitrogens with zero attached hydrogens (tertiary/aromatic N) is 4. The van der Waals surface area contributed by atoms with E-state index in [1.54, 1.807) is 18.2 Å². The fourth-order valence-corrected chi connectivity index (χ4v) is 3.80. The molecular formula is C18H18N6O3S. The normalized spacial score (nSPS) is 11.7. The fourth-order valence-electron chi connectivity index (χ4n) is 2.71. The van der Waals surface area contributed by atoms with Crippen molar-refractivity contribution in [2.75, 3.05) is 18.4 Å². The molecular weight excluding hydrogens is 380 g/mol. The van der Waals surface area contributed by atoms with E-state index in [1.165, 1.54) is 0 Å². The number of anilines is 1. The van der Waals surface area contributed by atoms with E-state index in [0.717, 1.165) is 0 Å². The highest BCUT2D eigenvalue weighted by Crippen LogP contribution is 2.19. The molecule has 0 amide bonds. The minimum absolute atomic E-state index is 0.207. The molecule has 2 N–H and O–H groups in total. The molecule has 0 atom stereocenters. The Balaban J connectivity index is 1.28. The second-order valence-corrected chi connectivity index (χ2v) is 7.88. The summed E-state index contributed by atoms with van der Waals surface area (Å²) in [5, 5.41) is 15.8. The lowest BCUT2D eigenvalue weighted by Crippen LogP contribution is -2.30. The monoisotopic (exact) mass is 398 g/mol. The zero-order valence-corrected chi connectivity index (χ0v) is 15.6. The molecule has 4 rings (SSSR count). The lowest BCUT2D eigenvalue weighted by molar-refractivity contribution is 0.448. The minimum Gasteiger partial charge on any atom is -0.367 e. The van der Waals surface area contributed by atoms with Crippen molar-refractivity contribution in [3.8, 4) is 5.82 Å². The number of para-hydroxylation sites is 1. The molecule has 0 aliphatic rings. The summed E-state index contributed by atoms with van der Waals surface area (Å²) in [6.07, 6.45) is 3.76. The smallest absolute Gasteiger partial charge is 0.217 e. The standard InChI is InChI=1S/C18H18N6O3S/c25-28(26,13-15-14-5-1-2-6-16(14)27-23-15)20-10-9-19-17-7-8-18(22-21-17)24-11-3-4-12-24/h1-8,11-12,20H,9-10,13H2,(H,19,21). The average molecular weight is 398 g/mol. The van der Waals surface area contributed by atoms with Crippen molar-refractivity contribution < 1.29 is 12.9 Å². The molecule has 0 fully saturated rings. The van der Waals surface area contributed by atoms with Crippen LogP contribution in [0.25, 0.3) is 16.8 Å². The topological polar surface area (TPSA) is 115 Å². The summed E-state index contributed by atoms with van der Waals surface area (Å²) in [5.74, 6) is 1.03. The van der Waals surface area contributed by atoms with Gasteiger partial charge in [-0.1, -0.05) is 17.3 Å². The maximum atomic E-state index is 12.3. The maximum absolute atomic E-state index is 12.3. The number of benzene rings is 1. The first-order valence-electron chi connectivity index (χ1n) is 8.62. The van der Waals surface area contributed by atoms with Gasteiger partial charge in [-0.05, 0) is 36.4 Å². The summed E-state index contributed by atoms with van der Waals surface area (Å²) in [7, 11) is -3.54. The number of nitrogens with one attached hydrogen (secondary N) is 2. The van der Waals surface area contributed by atoms with Crippen LogP contribution in [0.3, 0.4) is 0 Å². The van der Waals surface area contributed by atoms with Crippen LogP contribution in [-0.2, 0) is 15.8 Å². The van der Waals surface area contributed by atoms with E-state index < -0.39 is 10.0 Å². The molecule has 4 aromatic rings. The SMILES string of the molecule is O=S(=O)(Cc1noc2ccccc12)NCCNc1ccc(-n2cccc2)nn1. The summed E-state index contributed by atoms with van der Waals surface area (Å²) < 4.78 is 34.1. The molecule has 0 saturated heterocycles. The molecule has 0 bridgehead atoms. The molecule has 3 heterocycles. The summed E-state index contributed by atoms with van der Waals surface area (Å²) in [5.41, 5.74) is 0.957. The van der Waals surface area contributed by atoms with Gasteiger partial charge < -0.3 is 14.4 Å². The van der Waals surface area contributed by atoms with Crippen molar-refractivity contribution in [1.82, 2.24) is 24.6 Å². The molecule has 0 saturated carbocycles. The average Bonchev–Trinajstić information content (AvgIpc) is 3.36. The highest BCUT2D eigenvalue weighted by molar-refractivity contribution is 7.88. The van der Waals surface area contributed by atoms with Crippen LogP contribution in [0.1, 0.15) is 5.69 Å². The Hall–Kier alpha value is -3.24. The van der Waals surface area contributed by atoms with Crippen molar-refractivity contribution >= 4 is 26.8 Å². The van der Waals surface area contributed by atoms with Gasteiger partial charge in [0, 0.05) is 30.9 Å². The number of aromatic nitrogens is 4. The first kappa shape index (κ1) is 18.1. The molecule has 28 heavy (non-hydrogen) atoms.